The molecule has 0 aliphatic carbocycles. The fourth-order valence-corrected chi connectivity index (χ4v) is 0.784. The monoisotopic (exact) mass is 147 g/mol. The lowest BCUT2D eigenvalue weighted by atomic mass is 10.4. The molecule has 0 radical (unpaired) electrons. The lowest BCUT2D eigenvalue weighted by Gasteiger charge is -1.89. The number of aryl methyl sites for hydroxylation is 1. The Kier molecular flexibility index (Phi) is 1.89. The molecule has 0 spiro atoms. The summed E-state index contributed by atoms with van der Waals surface area (Å²) in [5, 5.41) is 17.0. The molecule has 0 aromatic carbocycles. The first-order chi connectivity index (χ1) is 5.27. The molecule has 0 aliphatic rings. The smallest absolute Gasteiger partial charge is 0.239 e. The normalized spacial score (nSPS) is 9.09. The van der Waals surface area contributed by atoms with E-state index in [4.69, 9.17) is 10.5 Å². The predicted molar refractivity (Wildman–Crippen MR) is 35.9 cm³/mol. The van der Waals surface area contributed by atoms with Crippen molar-refractivity contribution in [1.29, 1.82) is 10.5 Å². The van der Waals surface area contributed by atoms with Gasteiger partial charge in [-0.1, -0.05) is 0 Å². The van der Waals surface area contributed by atoms with Crippen molar-refractivity contribution in [2.24, 2.45) is 7.05 Å². The van der Waals surface area contributed by atoms with Crippen LogP contribution in [-0.2, 0) is 7.05 Å². The third-order valence-corrected chi connectivity index (χ3v) is 1.33. The fraction of sp³-hybridized carbons (Fsp3) is 0.286. The van der Waals surface area contributed by atoms with Gasteiger partial charge in [0.25, 0.3) is 6.04 Å². The summed E-state index contributed by atoms with van der Waals surface area (Å²) >= 11 is 0. The highest BCUT2D eigenvalue weighted by Gasteiger charge is 2.12. The zero-order valence-corrected chi connectivity index (χ0v) is 6.10. The Hall–Kier alpha value is -1.81. The van der Waals surface area contributed by atoms with Crippen molar-refractivity contribution in [2.45, 2.75) is 6.04 Å². The summed E-state index contributed by atoms with van der Waals surface area (Å²) < 4.78 is 3.34. The summed E-state index contributed by atoms with van der Waals surface area (Å²) in [5.41, 5.74) is 0. The van der Waals surface area contributed by atoms with E-state index in [1.54, 1.807) is 27.9 Å². The lowest BCUT2D eigenvalue weighted by molar-refractivity contribution is -0.671. The van der Waals surface area contributed by atoms with E-state index in [-0.39, 0.29) is 0 Å². The van der Waals surface area contributed by atoms with Gasteiger partial charge in [0, 0.05) is 0 Å². The molecule has 4 nitrogen and oxygen atoms in total. The maximum Gasteiger partial charge on any atom is 0.272 e. The van der Waals surface area contributed by atoms with Gasteiger partial charge in [0.1, 0.15) is 24.5 Å². The van der Waals surface area contributed by atoms with Gasteiger partial charge in [-0.3, -0.25) is 0 Å². The van der Waals surface area contributed by atoms with Gasteiger partial charge >= 0.3 is 0 Å². The fourth-order valence-electron chi connectivity index (χ4n) is 0.784. The summed E-state index contributed by atoms with van der Waals surface area (Å²) in [6, 6.07) is 3.03. The molecule has 0 fully saturated rings. The van der Waals surface area contributed by atoms with E-state index < -0.39 is 6.04 Å². The van der Waals surface area contributed by atoms with Gasteiger partial charge in [-0.15, -0.1) is 0 Å². The number of aromatic nitrogens is 2. The molecule has 0 unspecified atom stereocenters. The van der Waals surface area contributed by atoms with Crippen LogP contribution < -0.4 is 4.57 Å². The van der Waals surface area contributed by atoms with Gasteiger partial charge in [-0.25, -0.2) is 9.13 Å². The van der Waals surface area contributed by atoms with E-state index in [9.17, 15) is 0 Å². The Morgan fingerprint density at radius 1 is 1.45 bits per heavy atom. The van der Waals surface area contributed by atoms with Crippen LogP contribution in [0.1, 0.15) is 6.04 Å². The molecule has 4 heteroatoms. The maximum atomic E-state index is 8.49. The van der Waals surface area contributed by atoms with Crippen molar-refractivity contribution in [3.63, 3.8) is 0 Å². The van der Waals surface area contributed by atoms with Crippen LogP contribution in [0.3, 0.4) is 0 Å². The SMILES string of the molecule is C[n+]1ccn(C(C#N)C#N)c1. The molecule has 0 bridgehead atoms. The van der Waals surface area contributed by atoms with Crippen LogP contribution in [-0.4, -0.2) is 4.57 Å². The number of hydrogen-bond acceptors (Lipinski definition) is 2. The first-order valence-electron chi connectivity index (χ1n) is 3.10. The Bertz CT molecular complexity index is 311. The quantitative estimate of drug-likeness (QED) is 0.521. The van der Waals surface area contributed by atoms with Crippen molar-refractivity contribution in [3.8, 4) is 12.1 Å². The molecule has 0 atom stereocenters. The zero-order valence-electron chi connectivity index (χ0n) is 6.10. The Labute approximate surface area is 64.5 Å². The van der Waals surface area contributed by atoms with Crippen LogP contribution in [0.25, 0.3) is 0 Å². The van der Waals surface area contributed by atoms with Crippen molar-refractivity contribution in [2.75, 3.05) is 0 Å². The van der Waals surface area contributed by atoms with Crippen LogP contribution in [0.2, 0.25) is 0 Å². The molecule has 1 rings (SSSR count). The van der Waals surface area contributed by atoms with E-state index in [0.29, 0.717) is 0 Å². The average Bonchev–Trinajstić information content (AvgIpc) is 2.39. The first-order valence-corrected chi connectivity index (χ1v) is 3.10. The van der Waals surface area contributed by atoms with Crippen molar-refractivity contribution in [1.82, 2.24) is 4.57 Å². The topological polar surface area (TPSA) is 56.4 Å². The largest absolute Gasteiger partial charge is 0.272 e. The van der Waals surface area contributed by atoms with Crippen LogP contribution in [0.4, 0.5) is 0 Å². The highest BCUT2D eigenvalue weighted by molar-refractivity contribution is 5.04. The van der Waals surface area contributed by atoms with Crippen molar-refractivity contribution < 1.29 is 4.57 Å². The number of rotatable bonds is 1. The summed E-state index contributed by atoms with van der Waals surface area (Å²) in [6.45, 7) is 0. The average molecular weight is 147 g/mol. The van der Waals surface area contributed by atoms with E-state index in [1.807, 2.05) is 19.2 Å². The van der Waals surface area contributed by atoms with E-state index in [0.717, 1.165) is 0 Å². The molecule has 0 N–H and O–H groups in total. The predicted octanol–water partition coefficient (Wildman–Crippen LogP) is -0.0991. The van der Waals surface area contributed by atoms with Crippen LogP contribution in [0, 0.1) is 22.7 Å². The molecule has 0 saturated heterocycles. The standard InChI is InChI=1S/C7H7N4/c1-10-2-3-11(6-10)7(4-8)5-9/h2-3,6-7H,1H3/q+1. The van der Waals surface area contributed by atoms with Gasteiger partial charge in [0.15, 0.2) is 0 Å². The zero-order chi connectivity index (χ0) is 8.27. The van der Waals surface area contributed by atoms with E-state index >= 15 is 0 Å². The molecule has 0 amide bonds. The molecule has 0 aliphatic heterocycles. The summed E-state index contributed by atoms with van der Waals surface area (Å²) in [5.74, 6) is 0. The molecular formula is C7H7N4+. The first kappa shape index (κ1) is 7.30. The van der Waals surface area contributed by atoms with Crippen molar-refractivity contribution >= 4 is 0 Å². The number of hydrogen-bond donors (Lipinski definition) is 0. The number of nitrogens with zero attached hydrogens (tertiary/aromatic N) is 4. The molecule has 0 saturated carbocycles. The highest BCUT2D eigenvalue weighted by atomic mass is 15.1. The minimum absolute atomic E-state index is 0.712. The van der Waals surface area contributed by atoms with Crippen LogP contribution in [0.5, 0.6) is 0 Å². The second kappa shape index (κ2) is 2.85. The summed E-state index contributed by atoms with van der Waals surface area (Å²) in [6.07, 6.45) is 5.16. The molecule has 11 heavy (non-hydrogen) atoms. The van der Waals surface area contributed by atoms with Gasteiger partial charge in [0.05, 0.1) is 7.05 Å². The second-order valence-corrected chi connectivity index (χ2v) is 2.19. The van der Waals surface area contributed by atoms with Gasteiger partial charge < -0.3 is 0 Å². The minimum Gasteiger partial charge on any atom is -0.239 e. The van der Waals surface area contributed by atoms with E-state index in [1.165, 1.54) is 0 Å². The summed E-state index contributed by atoms with van der Waals surface area (Å²) in [4.78, 5) is 0. The van der Waals surface area contributed by atoms with Gasteiger partial charge in [-0.2, -0.15) is 10.5 Å². The summed E-state index contributed by atoms with van der Waals surface area (Å²) in [7, 11) is 1.84. The van der Waals surface area contributed by atoms with Gasteiger partial charge in [-0.05, 0) is 0 Å². The molecular weight excluding hydrogens is 140 g/mol. The molecule has 54 valence electrons. The lowest BCUT2D eigenvalue weighted by Crippen LogP contribution is -2.24. The minimum atomic E-state index is -0.712. The number of imidazole rings is 1. The van der Waals surface area contributed by atoms with Crippen molar-refractivity contribution in [3.05, 3.63) is 18.7 Å². The Balaban J connectivity index is 2.95. The Morgan fingerprint density at radius 2 is 2.09 bits per heavy atom. The molecule has 1 aromatic rings. The third-order valence-electron chi connectivity index (χ3n) is 1.33. The van der Waals surface area contributed by atoms with Gasteiger partial charge in [0.2, 0.25) is 6.33 Å². The second-order valence-electron chi connectivity index (χ2n) is 2.19. The van der Waals surface area contributed by atoms with Crippen LogP contribution in [0.15, 0.2) is 18.7 Å². The maximum absolute atomic E-state index is 8.49. The number of nitriles is 2. The van der Waals surface area contributed by atoms with E-state index in [2.05, 4.69) is 0 Å². The molecule has 1 heterocycles. The molecule has 1 aromatic heterocycles. The Morgan fingerprint density at radius 3 is 2.45 bits per heavy atom. The van der Waals surface area contributed by atoms with Crippen LogP contribution >= 0.6 is 0 Å². The third kappa shape index (κ3) is 1.36. The highest BCUT2D eigenvalue weighted by Crippen LogP contribution is 1.99.